The van der Waals surface area contributed by atoms with Gasteiger partial charge in [0.1, 0.15) is 0 Å². The molecule has 1 fully saturated rings. The van der Waals surface area contributed by atoms with Crippen molar-refractivity contribution in [2.75, 3.05) is 12.4 Å². The Morgan fingerprint density at radius 3 is 2.79 bits per heavy atom. The first-order valence-electron chi connectivity index (χ1n) is 7.91. The van der Waals surface area contributed by atoms with Crippen LogP contribution in [-0.2, 0) is 4.74 Å². The molecule has 4 nitrogen and oxygen atoms in total. The van der Waals surface area contributed by atoms with Crippen LogP contribution in [0.15, 0.2) is 48.7 Å². The van der Waals surface area contributed by atoms with Crippen molar-refractivity contribution in [1.82, 2.24) is 4.57 Å². The molecular formula is C19H17ClN2O2. The number of carbonyl (C=O) groups excluding carboxylic acids is 1. The van der Waals surface area contributed by atoms with E-state index in [1.54, 1.807) is 18.2 Å². The number of methoxy groups -OCH3 is 1. The van der Waals surface area contributed by atoms with Gasteiger partial charge in [-0.15, -0.1) is 0 Å². The highest BCUT2D eigenvalue weighted by molar-refractivity contribution is 6.31. The maximum absolute atomic E-state index is 12.0. The fourth-order valence-electron chi connectivity index (χ4n) is 2.97. The predicted octanol–water partition coefficient (Wildman–Crippen LogP) is 5.16. The van der Waals surface area contributed by atoms with Gasteiger partial charge in [-0.05, 0) is 55.3 Å². The zero-order valence-electron chi connectivity index (χ0n) is 13.3. The molecule has 5 heteroatoms. The topological polar surface area (TPSA) is 43.3 Å². The fraction of sp³-hybridized carbons (Fsp3) is 0.211. The fourth-order valence-corrected chi connectivity index (χ4v) is 3.14. The van der Waals surface area contributed by atoms with Gasteiger partial charge in [0.05, 0.1) is 18.4 Å². The van der Waals surface area contributed by atoms with Gasteiger partial charge in [-0.25, -0.2) is 4.79 Å². The van der Waals surface area contributed by atoms with E-state index in [4.69, 9.17) is 16.3 Å². The molecule has 0 radical (unpaired) electrons. The summed E-state index contributed by atoms with van der Waals surface area (Å²) in [5.41, 5.74) is 3.25. The minimum Gasteiger partial charge on any atom is -0.465 e. The number of hydrogen-bond donors (Lipinski definition) is 1. The van der Waals surface area contributed by atoms with E-state index in [-0.39, 0.29) is 0 Å². The van der Waals surface area contributed by atoms with Gasteiger partial charge in [0.2, 0.25) is 0 Å². The molecule has 0 saturated heterocycles. The molecule has 122 valence electrons. The molecule has 0 spiro atoms. The number of anilines is 2. The minimum atomic E-state index is -0.416. The number of benzene rings is 2. The second kappa shape index (κ2) is 5.87. The van der Waals surface area contributed by atoms with Crippen LogP contribution in [0.4, 0.5) is 11.4 Å². The standard InChI is InChI=1S/C19H17ClN2O2/c1-24-19(23)16-11-13(20)2-6-17(16)21-14-3-7-18-12(10-14)8-9-22(18)15-4-5-15/h2-3,6-11,15,21H,4-5H2,1H3. The summed E-state index contributed by atoms with van der Waals surface area (Å²) in [6.07, 6.45) is 4.67. The van der Waals surface area contributed by atoms with Crippen molar-refractivity contribution < 1.29 is 9.53 Å². The zero-order valence-corrected chi connectivity index (χ0v) is 14.0. The van der Waals surface area contributed by atoms with E-state index in [1.807, 2.05) is 6.07 Å². The molecular weight excluding hydrogens is 324 g/mol. The molecule has 1 aliphatic rings. The van der Waals surface area contributed by atoms with Crippen molar-refractivity contribution in [1.29, 1.82) is 0 Å². The van der Waals surface area contributed by atoms with Crippen LogP contribution in [0, 0.1) is 0 Å². The van der Waals surface area contributed by atoms with Gasteiger partial charge in [0, 0.05) is 33.9 Å². The van der Waals surface area contributed by atoms with Crippen molar-refractivity contribution in [3.63, 3.8) is 0 Å². The highest BCUT2D eigenvalue weighted by Gasteiger charge is 2.24. The maximum atomic E-state index is 12.0. The normalized spacial score (nSPS) is 13.9. The first-order valence-corrected chi connectivity index (χ1v) is 8.29. The number of nitrogens with one attached hydrogen (secondary N) is 1. The molecule has 0 unspecified atom stereocenters. The van der Waals surface area contributed by atoms with E-state index in [2.05, 4.69) is 34.3 Å². The summed E-state index contributed by atoms with van der Waals surface area (Å²) in [6, 6.07) is 14.2. The van der Waals surface area contributed by atoms with Crippen LogP contribution in [0.3, 0.4) is 0 Å². The van der Waals surface area contributed by atoms with Gasteiger partial charge in [0.15, 0.2) is 0 Å². The number of hydrogen-bond acceptors (Lipinski definition) is 3. The third-order valence-corrected chi connectivity index (χ3v) is 4.56. The van der Waals surface area contributed by atoms with E-state index in [0.717, 1.165) is 5.69 Å². The van der Waals surface area contributed by atoms with Crippen LogP contribution < -0.4 is 5.32 Å². The van der Waals surface area contributed by atoms with Crippen LogP contribution in [0.2, 0.25) is 5.02 Å². The first-order chi connectivity index (χ1) is 11.7. The van der Waals surface area contributed by atoms with Crippen LogP contribution in [-0.4, -0.2) is 17.6 Å². The Morgan fingerprint density at radius 2 is 2.04 bits per heavy atom. The molecule has 4 rings (SSSR count). The predicted molar refractivity (Wildman–Crippen MR) is 96.3 cm³/mol. The van der Waals surface area contributed by atoms with Crippen LogP contribution >= 0.6 is 11.6 Å². The van der Waals surface area contributed by atoms with E-state index < -0.39 is 5.97 Å². The SMILES string of the molecule is COC(=O)c1cc(Cl)ccc1Nc1ccc2c(ccn2C2CC2)c1. The van der Waals surface area contributed by atoms with Crippen LogP contribution in [0.1, 0.15) is 29.2 Å². The number of ether oxygens (including phenoxy) is 1. The molecule has 24 heavy (non-hydrogen) atoms. The molecule has 1 aliphatic carbocycles. The third-order valence-electron chi connectivity index (χ3n) is 4.33. The van der Waals surface area contributed by atoms with E-state index in [9.17, 15) is 4.79 Å². The van der Waals surface area contributed by atoms with E-state index in [1.165, 1.54) is 30.9 Å². The van der Waals surface area contributed by atoms with Gasteiger partial charge in [-0.2, -0.15) is 0 Å². The van der Waals surface area contributed by atoms with Crippen LogP contribution in [0.25, 0.3) is 10.9 Å². The van der Waals surface area contributed by atoms with Gasteiger partial charge < -0.3 is 14.6 Å². The smallest absolute Gasteiger partial charge is 0.340 e. The first kappa shape index (κ1) is 15.1. The molecule has 0 amide bonds. The van der Waals surface area contributed by atoms with Gasteiger partial charge >= 0.3 is 5.97 Å². The Hall–Kier alpha value is -2.46. The van der Waals surface area contributed by atoms with Crippen molar-refractivity contribution in [3.8, 4) is 0 Å². The number of fused-ring (bicyclic) bond motifs is 1. The summed E-state index contributed by atoms with van der Waals surface area (Å²) < 4.78 is 7.17. The number of esters is 1. The number of rotatable bonds is 4. The summed E-state index contributed by atoms with van der Waals surface area (Å²) in [6.45, 7) is 0. The van der Waals surface area contributed by atoms with Crippen molar-refractivity contribution in [2.24, 2.45) is 0 Å². The lowest BCUT2D eigenvalue weighted by Gasteiger charge is -2.12. The van der Waals surface area contributed by atoms with E-state index >= 15 is 0 Å². The zero-order chi connectivity index (χ0) is 16.7. The summed E-state index contributed by atoms with van der Waals surface area (Å²) in [5, 5.41) is 4.97. The second-order valence-electron chi connectivity index (χ2n) is 6.03. The number of halogens is 1. The van der Waals surface area contributed by atoms with Gasteiger partial charge in [-0.3, -0.25) is 0 Å². The third kappa shape index (κ3) is 2.74. The molecule has 0 bridgehead atoms. The molecule has 0 atom stereocenters. The molecule has 2 aromatic carbocycles. The van der Waals surface area contributed by atoms with Gasteiger partial charge in [-0.1, -0.05) is 11.6 Å². The second-order valence-corrected chi connectivity index (χ2v) is 6.47. The van der Waals surface area contributed by atoms with Crippen molar-refractivity contribution in [3.05, 3.63) is 59.2 Å². The average Bonchev–Trinajstić information content (AvgIpc) is 3.35. The Labute approximate surface area is 145 Å². The molecule has 1 saturated carbocycles. The van der Waals surface area contributed by atoms with Crippen LogP contribution in [0.5, 0.6) is 0 Å². The molecule has 3 aromatic rings. The number of carbonyl (C=O) groups is 1. The van der Waals surface area contributed by atoms with Crippen molar-refractivity contribution >= 4 is 39.8 Å². The highest BCUT2D eigenvalue weighted by Crippen LogP contribution is 2.38. The molecule has 0 aliphatic heterocycles. The average molecular weight is 341 g/mol. The lowest BCUT2D eigenvalue weighted by atomic mass is 10.1. The summed E-state index contributed by atoms with van der Waals surface area (Å²) >= 11 is 6.00. The summed E-state index contributed by atoms with van der Waals surface area (Å²) in [7, 11) is 1.36. The lowest BCUT2D eigenvalue weighted by Crippen LogP contribution is -2.05. The lowest BCUT2D eigenvalue weighted by molar-refractivity contribution is 0.0602. The van der Waals surface area contributed by atoms with Gasteiger partial charge in [0.25, 0.3) is 0 Å². The Bertz CT molecular complexity index is 928. The quantitative estimate of drug-likeness (QED) is 0.667. The molecule has 1 N–H and O–H groups in total. The highest BCUT2D eigenvalue weighted by atomic mass is 35.5. The number of nitrogens with zero attached hydrogens (tertiary/aromatic N) is 1. The van der Waals surface area contributed by atoms with Crippen molar-refractivity contribution in [2.45, 2.75) is 18.9 Å². The Balaban J connectivity index is 1.68. The Kier molecular flexibility index (Phi) is 3.69. The largest absolute Gasteiger partial charge is 0.465 e. The van der Waals surface area contributed by atoms with E-state index in [0.29, 0.717) is 22.3 Å². The molecule has 1 aromatic heterocycles. The summed E-state index contributed by atoms with van der Waals surface area (Å²) in [4.78, 5) is 12.0. The number of aromatic nitrogens is 1. The molecule has 1 heterocycles. The maximum Gasteiger partial charge on any atom is 0.340 e. The monoisotopic (exact) mass is 340 g/mol. The summed E-state index contributed by atoms with van der Waals surface area (Å²) in [5.74, 6) is -0.416. The minimum absolute atomic E-state index is 0.416. The Morgan fingerprint density at radius 1 is 1.21 bits per heavy atom.